The molecule has 37 heavy (non-hydrogen) atoms. The number of hydrogen-bond acceptors (Lipinski definition) is 6. The molecule has 2 aromatic carbocycles. The van der Waals surface area contributed by atoms with Gasteiger partial charge in [0.2, 0.25) is 11.4 Å². The van der Waals surface area contributed by atoms with Crippen LogP contribution < -0.4 is 10.7 Å². The van der Waals surface area contributed by atoms with Crippen LogP contribution in [0.5, 0.6) is 0 Å². The maximum atomic E-state index is 12.9. The van der Waals surface area contributed by atoms with E-state index in [1.807, 2.05) is 18.2 Å². The topological polar surface area (TPSA) is 100 Å². The Morgan fingerprint density at radius 3 is 2.57 bits per heavy atom. The minimum Gasteiger partial charge on any atom is -0.477 e. The number of pyridine rings is 1. The van der Waals surface area contributed by atoms with Crippen LogP contribution in [-0.2, 0) is 12.8 Å². The van der Waals surface area contributed by atoms with E-state index < -0.39 is 11.4 Å². The molecular formula is C29H29N5O3. The van der Waals surface area contributed by atoms with Crippen molar-refractivity contribution >= 4 is 28.6 Å². The van der Waals surface area contributed by atoms with Crippen molar-refractivity contribution in [2.45, 2.75) is 38.0 Å². The predicted molar refractivity (Wildman–Crippen MR) is 143 cm³/mol. The van der Waals surface area contributed by atoms with Crippen molar-refractivity contribution in [2.24, 2.45) is 0 Å². The summed E-state index contributed by atoms with van der Waals surface area (Å²) in [5.74, 6) is -0.349. The Morgan fingerprint density at radius 2 is 1.81 bits per heavy atom. The van der Waals surface area contributed by atoms with E-state index in [4.69, 9.17) is 0 Å². The summed E-state index contributed by atoms with van der Waals surface area (Å²) in [6.07, 6.45) is 8.26. The Kier molecular flexibility index (Phi) is 5.96. The molecule has 8 heteroatoms. The van der Waals surface area contributed by atoms with Crippen molar-refractivity contribution in [3.63, 3.8) is 0 Å². The molecule has 1 aliphatic carbocycles. The van der Waals surface area contributed by atoms with Gasteiger partial charge in [-0.15, -0.1) is 0 Å². The summed E-state index contributed by atoms with van der Waals surface area (Å²) >= 11 is 0. The quantitative estimate of drug-likeness (QED) is 0.420. The zero-order valence-corrected chi connectivity index (χ0v) is 20.8. The second-order valence-electron chi connectivity index (χ2n) is 10.1. The van der Waals surface area contributed by atoms with E-state index in [9.17, 15) is 14.7 Å². The van der Waals surface area contributed by atoms with E-state index in [0.717, 1.165) is 56.6 Å². The fourth-order valence-electron chi connectivity index (χ4n) is 5.54. The van der Waals surface area contributed by atoms with Gasteiger partial charge in [0.15, 0.2) is 5.65 Å². The van der Waals surface area contributed by atoms with Crippen LogP contribution >= 0.6 is 0 Å². The van der Waals surface area contributed by atoms with Gasteiger partial charge in [-0.25, -0.2) is 9.78 Å². The Balaban J connectivity index is 1.36. The molecule has 2 aromatic heterocycles. The number of carboxylic acid groups (broad SMARTS) is 1. The van der Waals surface area contributed by atoms with Crippen molar-refractivity contribution in [3.8, 4) is 5.69 Å². The van der Waals surface area contributed by atoms with Gasteiger partial charge >= 0.3 is 5.97 Å². The first kappa shape index (κ1) is 23.4. The van der Waals surface area contributed by atoms with E-state index in [2.05, 4.69) is 51.5 Å². The van der Waals surface area contributed by atoms with Gasteiger partial charge in [0.05, 0.1) is 5.39 Å². The second kappa shape index (κ2) is 9.44. The molecule has 1 aliphatic heterocycles. The summed E-state index contributed by atoms with van der Waals surface area (Å²) in [5, 5.41) is 13.1. The summed E-state index contributed by atoms with van der Waals surface area (Å²) in [4.78, 5) is 36.1. The molecule has 2 aliphatic rings. The van der Waals surface area contributed by atoms with Gasteiger partial charge in [-0.05, 0) is 99.1 Å². The molecule has 0 unspecified atom stereocenters. The fourth-order valence-corrected chi connectivity index (χ4v) is 5.54. The normalized spacial score (nSPS) is 16.1. The number of carboxylic acids is 1. The van der Waals surface area contributed by atoms with Crippen LogP contribution in [0.25, 0.3) is 16.7 Å². The van der Waals surface area contributed by atoms with E-state index in [-0.39, 0.29) is 10.9 Å². The highest BCUT2D eigenvalue weighted by atomic mass is 16.4. The Hall–Kier alpha value is -4.04. The molecule has 0 saturated carbocycles. The van der Waals surface area contributed by atoms with Crippen molar-refractivity contribution in [1.82, 2.24) is 19.4 Å². The van der Waals surface area contributed by atoms with E-state index >= 15 is 0 Å². The molecule has 0 radical (unpaired) electrons. The molecule has 8 nitrogen and oxygen atoms in total. The smallest absolute Gasteiger partial charge is 0.341 e. The minimum atomic E-state index is -1.27. The van der Waals surface area contributed by atoms with Crippen molar-refractivity contribution in [3.05, 3.63) is 87.3 Å². The van der Waals surface area contributed by atoms with Crippen molar-refractivity contribution < 1.29 is 9.90 Å². The van der Waals surface area contributed by atoms with Crippen LogP contribution in [-0.4, -0.2) is 50.6 Å². The number of hydrogen-bond donors (Lipinski definition) is 2. The lowest BCUT2D eigenvalue weighted by Gasteiger charge is -2.29. The average molecular weight is 496 g/mol. The van der Waals surface area contributed by atoms with Gasteiger partial charge in [0.1, 0.15) is 5.56 Å². The molecule has 0 amide bonds. The number of rotatable bonds is 5. The number of anilines is 2. The minimum absolute atomic E-state index is 0.170. The van der Waals surface area contributed by atoms with Gasteiger partial charge in [0, 0.05) is 23.8 Å². The standard InChI is InChI=1S/C29H29N5O3/c1-33-13-11-20(12-14-33)19-5-8-22(9-6-19)31-29-30-16-24-26(35)25(28(36)37)17-34(27(24)32-29)23-10-7-18-3-2-4-21(18)15-23/h5-10,15-17,20H,2-4,11-14H2,1H3,(H,36,37)(H,30,31,32). The Morgan fingerprint density at radius 1 is 1.05 bits per heavy atom. The fraction of sp³-hybridized carbons (Fsp3) is 0.310. The van der Waals surface area contributed by atoms with Crippen LogP contribution in [0.4, 0.5) is 11.6 Å². The summed E-state index contributed by atoms with van der Waals surface area (Å²) in [7, 11) is 2.17. The highest BCUT2D eigenvalue weighted by molar-refractivity contribution is 5.92. The number of nitrogens with one attached hydrogen (secondary N) is 1. The number of benzene rings is 2. The van der Waals surface area contributed by atoms with Gasteiger partial charge in [-0.2, -0.15) is 4.98 Å². The van der Waals surface area contributed by atoms with Gasteiger partial charge in [-0.3, -0.25) is 4.79 Å². The number of aromatic carboxylic acids is 1. The summed E-state index contributed by atoms with van der Waals surface area (Å²) in [6, 6.07) is 14.5. The maximum absolute atomic E-state index is 12.9. The van der Waals surface area contributed by atoms with Crippen molar-refractivity contribution in [1.29, 1.82) is 0 Å². The average Bonchev–Trinajstić information content (AvgIpc) is 3.38. The van der Waals surface area contributed by atoms with E-state index in [0.29, 0.717) is 17.5 Å². The van der Waals surface area contributed by atoms with Crippen LogP contribution in [0.3, 0.4) is 0 Å². The SMILES string of the molecule is CN1CCC(c2ccc(Nc3ncc4c(=O)c(C(=O)O)cn(-c5ccc6c(c5)CCC6)c4n3)cc2)CC1. The highest BCUT2D eigenvalue weighted by Crippen LogP contribution is 2.29. The zero-order chi connectivity index (χ0) is 25.5. The first-order valence-electron chi connectivity index (χ1n) is 12.8. The number of carbonyl (C=O) groups is 1. The third kappa shape index (κ3) is 4.49. The van der Waals surface area contributed by atoms with Gasteiger partial charge in [-0.1, -0.05) is 18.2 Å². The zero-order valence-electron chi connectivity index (χ0n) is 20.8. The summed E-state index contributed by atoms with van der Waals surface area (Å²) in [5.41, 5.74) is 5.00. The number of likely N-dealkylation sites (tertiary alicyclic amines) is 1. The molecule has 1 saturated heterocycles. The number of piperidine rings is 1. The van der Waals surface area contributed by atoms with Gasteiger partial charge < -0.3 is 19.9 Å². The molecule has 3 heterocycles. The molecular weight excluding hydrogens is 466 g/mol. The molecule has 0 bridgehead atoms. The third-order valence-corrected chi connectivity index (χ3v) is 7.69. The number of aryl methyl sites for hydroxylation is 2. The largest absolute Gasteiger partial charge is 0.477 e. The third-order valence-electron chi connectivity index (χ3n) is 7.69. The molecule has 4 aromatic rings. The molecule has 1 fully saturated rings. The van der Waals surface area contributed by atoms with Crippen LogP contribution in [0.2, 0.25) is 0 Å². The van der Waals surface area contributed by atoms with Crippen molar-refractivity contribution in [2.75, 3.05) is 25.5 Å². The first-order chi connectivity index (χ1) is 18.0. The molecule has 188 valence electrons. The number of aromatic nitrogens is 3. The maximum Gasteiger partial charge on any atom is 0.341 e. The molecule has 0 spiro atoms. The number of nitrogens with zero attached hydrogens (tertiary/aromatic N) is 4. The predicted octanol–water partition coefficient (Wildman–Crippen LogP) is 4.52. The number of fused-ring (bicyclic) bond motifs is 2. The van der Waals surface area contributed by atoms with E-state index in [1.54, 1.807) is 4.57 Å². The van der Waals surface area contributed by atoms with Gasteiger partial charge in [0.25, 0.3) is 0 Å². The Labute approximate surface area is 214 Å². The second-order valence-corrected chi connectivity index (χ2v) is 10.1. The molecule has 2 N–H and O–H groups in total. The summed E-state index contributed by atoms with van der Waals surface area (Å²) in [6.45, 7) is 2.23. The van der Waals surface area contributed by atoms with Crippen LogP contribution in [0.1, 0.15) is 52.2 Å². The van der Waals surface area contributed by atoms with Crippen LogP contribution in [0.15, 0.2) is 59.7 Å². The molecule has 0 atom stereocenters. The first-order valence-corrected chi connectivity index (χ1v) is 12.8. The molecule has 6 rings (SSSR count). The monoisotopic (exact) mass is 495 g/mol. The lowest BCUT2D eigenvalue weighted by molar-refractivity contribution is 0.0695. The lowest BCUT2D eigenvalue weighted by Crippen LogP contribution is -2.29. The van der Waals surface area contributed by atoms with Crippen LogP contribution in [0, 0.1) is 0 Å². The summed E-state index contributed by atoms with van der Waals surface area (Å²) < 4.78 is 1.69. The highest BCUT2D eigenvalue weighted by Gasteiger charge is 2.20. The lowest BCUT2D eigenvalue weighted by atomic mass is 9.89. The van der Waals surface area contributed by atoms with E-state index in [1.165, 1.54) is 29.1 Å². The Bertz CT molecular complexity index is 1550.